The van der Waals surface area contributed by atoms with E-state index in [2.05, 4.69) is 20.0 Å². The van der Waals surface area contributed by atoms with Crippen molar-refractivity contribution < 1.29 is 17.6 Å². The number of aromatic nitrogens is 2. The molecule has 2 aromatic heterocycles. The normalized spacial score (nSPS) is 11.4. The molecule has 0 aliphatic rings. The fourth-order valence-corrected chi connectivity index (χ4v) is 5.85. The van der Waals surface area contributed by atoms with Gasteiger partial charge in [0.15, 0.2) is 5.13 Å². The molecule has 5 aromatic rings. The average Bonchev–Trinajstić information content (AvgIpc) is 3.46. The van der Waals surface area contributed by atoms with E-state index in [0.29, 0.717) is 16.4 Å². The van der Waals surface area contributed by atoms with Crippen molar-refractivity contribution in [3.05, 3.63) is 89.6 Å². The zero-order valence-electron chi connectivity index (χ0n) is 17.2. The molecule has 34 heavy (non-hydrogen) atoms. The number of thiazole rings is 2. The highest BCUT2D eigenvalue weighted by Crippen LogP contribution is 2.32. The molecule has 0 bridgehead atoms. The maximum absolute atomic E-state index is 13.1. The fourth-order valence-electron chi connectivity index (χ4n) is 3.10. The van der Waals surface area contributed by atoms with Crippen LogP contribution in [0.25, 0.3) is 20.9 Å². The maximum Gasteiger partial charge on any atom is 0.261 e. The van der Waals surface area contributed by atoms with E-state index in [0.717, 1.165) is 27.4 Å². The minimum atomic E-state index is -3.88. The van der Waals surface area contributed by atoms with Gasteiger partial charge in [-0.1, -0.05) is 12.1 Å². The third-order valence-corrected chi connectivity index (χ3v) is 7.97. The molecular formula is C23H15FN4O3S3. The first-order chi connectivity index (χ1) is 16.4. The number of carbonyl (C=O) groups excluding carboxylic acids is 1. The summed E-state index contributed by atoms with van der Waals surface area (Å²) >= 11 is 2.82. The van der Waals surface area contributed by atoms with Gasteiger partial charge in [0.1, 0.15) is 16.5 Å². The van der Waals surface area contributed by atoms with Crippen molar-refractivity contribution >= 4 is 59.6 Å². The van der Waals surface area contributed by atoms with Crippen LogP contribution in [0.2, 0.25) is 0 Å². The molecule has 0 radical (unpaired) electrons. The number of hydrogen-bond acceptors (Lipinski definition) is 7. The van der Waals surface area contributed by atoms with Gasteiger partial charge >= 0.3 is 0 Å². The summed E-state index contributed by atoms with van der Waals surface area (Å²) in [6.07, 6.45) is 0. The summed E-state index contributed by atoms with van der Waals surface area (Å²) in [4.78, 5) is 21.6. The number of nitrogens with one attached hydrogen (secondary N) is 2. The highest BCUT2D eigenvalue weighted by atomic mass is 32.2. The highest BCUT2D eigenvalue weighted by molar-refractivity contribution is 7.92. The van der Waals surface area contributed by atoms with Gasteiger partial charge in [-0.05, 0) is 60.7 Å². The molecule has 2 N–H and O–H groups in total. The van der Waals surface area contributed by atoms with Crippen LogP contribution < -0.4 is 10.0 Å². The van der Waals surface area contributed by atoms with Gasteiger partial charge < -0.3 is 0 Å². The van der Waals surface area contributed by atoms with Crippen LogP contribution in [0.5, 0.6) is 0 Å². The van der Waals surface area contributed by atoms with Gasteiger partial charge in [0, 0.05) is 16.6 Å². The Morgan fingerprint density at radius 1 is 0.912 bits per heavy atom. The van der Waals surface area contributed by atoms with E-state index in [1.165, 1.54) is 59.1 Å². The van der Waals surface area contributed by atoms with Crippen LogP contribution in [0.15, 0.2) is 83.1 Å². The van der Waals surface area contributed by atoms with Crippen LogP contribution in [-0.4, -0.2) is 24.3 Å². The summed E-state index contributed by atoms with van der Waals surface area (Å²) in [5, 5.41) is 5.79. The Hall–Kier alpha value is -3.67. The Balaban J connectivity index is 1.26. The first kappa shape index (κ1) is 22.1. The van der Waals surface area contributed by atoms with Gasteiger partial charge in [-0.3, -0.25) is 14.8 Å². The Bertz CT molecular complexity index is 1560. The second-order valence-corrected chi connectivity index (χ2v) is 10.7. The topological polar surface area (TPSA) is 101 Å². The largest absolute Gasteiger partial charge is 0.298 e. The van der Waals surface area contributed by atoms with Crippen LogP contribution >= 0.6 is 22.7 Å². The molecule has 1 amide bonds. The number of fused-ring (bicyclic) bond motifs is 1. The Morgan fingerprint density at radius 3 is 2.38 bits per heavy atom. The minimum Gasteiger partial charge on any atom is -0.298 e. The average molecular weight is 511 g/mol. The molecule has 0 spiro atoms. The lowest BCUT2D eigenvalue weighted by Gasteiger charge is -2.09. The van der Waals surface area contributed by atoms with E-state index in [-0.39, 0.29) is 16.5 Å². The number of anilines is 2. The molecule has 0 atom stereocenters. The lowest BCUT2D eigenvalue weighted by molar-refractivity contribution is 0.102. The lowest BCUT2D eigenvalue weighted by atomic mass is 10.2. The smallest absolute Gasteiger partial charge is 0.261 e. The number of benzene rings is 3. The summed E-state index contributed by atoms with van der Waals surface area (Å²) < 4.78 is 41.4. The maximum atomic E-state index is 13.1. The van der Waals surface area contributed by atoms with Crippen LogP contribution in [0.3, 0.4) is 0 Å². The zero-order chi connectivity index (χ0) is 23.7. The van der Waals surface area contributed by atoms with E-state index >= 15 is 0 Å². The second kappa shape index (κ2) is 8.93. The highest BCUT2D eigenvalue weighted by Gasteiger charge is 2.16. The molecule has 170 valence electrons. The first-order valence-corrected chi connectivity index (χ1v) is 13.1. The van der Waals surface area contributed by atoms with Crippen molar-refractivity contribution in [1.82, 2.24) is 9.97 Å². The first-order valence-electron chi connectivity index (χ1n) is 9.89. The predicted octanol–water partition coefficient (Wildman–Crippen LogP) is 5.61. The summed E-state index contributed by atoms with van der Waals surface area (Å²) in [5.41, 5.74) is 2.19. The van der Waals surface area contributed by atoms with Gasteiger partial charge in [0.25, 0.3) is 15.9 Å². The second-order valence-electron chi connectivity index (χ2n) is 7.12. The number of carbonyl (C=O) groups is 1. The van der Waals surface area contributed by atoms with Crippen molar-refractivity contribution in [3.8, 4) is 10.7 Å². The molecule has 11 heteroatoms. The molecule has 0 aliphatic carbocycles. The SMILES string of the molecule is O=C(Nc1nc(-c2nc3ccccc3s2)cs1)c1ccc(NS(=O)(=O)c2ccc(F)cc2)cc1. The van der Waals surface area contributed by atoms with Crippen molar-refractivity contribution in [3.63, 3.8) is 0 Å². The van der Waals surface area contributed by atoms with Crippen molar-refractivity contribution in [2.45, 2.75) is 4.90 Å². The van der Waals surface area contributed by atoms with E-state index in [1.54, 1.807) is 0 Å². The van der Waals surface area contributed by atoms with Gasteiger partial charge in [0.2, 0.25) is 0 Å². The third kappa shape index (κ3) is 4.67. The predicted molar refractivity (Wildman–Crippen MR) is 132 cm³/mol. The molecule has 0 aliphatic heterocycles. The molecule has 0 unspecified atom stereocenters. The summed E-state index contributed by atoms with van der Waals surface area (Å²) in [7, 11) is -3.88. The molecule has 3 aromatic carbocycles. The minimum absolute atomic E-state index is 0.0663. The van der Waals surface area contributed by atoms with Crippen LogP contribution in [0.1, 0.15) is 10.4 Å². The molecule has 0 saturated heterocycles. The number of nitrogens with zero attached hydrogens (tertiary/aromatic N) is 2. The molecule has 2 heterocycles. The third-order valence-electron chi connectivity index (χ3n) is 4.76. The number of para-hydroxylation sites is 1. The summed E-state index contributed by atoms with van der Waals surface area (Å²) in [6.45, 7) is 0. The molecule has 0 saturated carbocycles. The van der Waals surface area contributed by atoms with Crippen LogP contribution in [-0.2, 0) is 10.0 Å². The fraction of sp³-hybridized carbons (Fsp3) is 0. The monoisotopic (exact) mass is 510 g/mol. The van der Waals surface area contributed by atoms with Crippen molar-refractivity contribution in [2.24, 2.45) is 0 Å². The quantitative estimate of drug-likeness (QED) is 0.309. The molecule has 7 nitrogen and oxygen atoms in total. The van der Waals surface area contributed by atoms with E-state index in [1.807, 2.05) is 29.6 Å². The lowest BCUT2D eigenvalue weighted by Crippen LogP contribution is -2.14. The van der Waals surface area contributed by atoms with E-state index in [4.69, 9.17) is 0 Å². The number of amides is 1. The number of rotatable bonds is 6. The van der Waals surface area contributed by atoms with Gasteiger partial charge in [-0.2, -0.15) is 0 Å². The Kier molecular flexibility index (Phi) is 5.82. The number of hydrogen-bond donors (Lipinski definition) is 2. The van der Waals surface area contributed by atoms with Gasteiger partial charge in [-0.25, -0.2) is 22.8 Å². The van der Waals surface area contributed by atoms with E-state index < -0.39 is 15.8 Å². The standard InChI is InChI=1S/C23H15FN4O3S3/c24-15-7-11-17(12-8-15)34(30,31)28-16-9-5-14(6-10-16)21(29)27-23-26-19(13-32-23)22-25-18-3-1-2-4-20(18)33-22/h1-13,28H,(H,26,27,29). The molecular weight excluding hydrogens is 495 g/mol. The summed E-state index contributed by atoms with van der Waals surface area (Å²) in [6, 6.07) is 18.3. The molecule has 0 fully saturated rings. The van der Waals surface area contributed by atoms with Crippen molar-refractivity contribution in [2.75, 3.05) is 10.0 Å². The van der Waals surface area contributed by atoms with Crippen LogP contribution in [0.4, 0.5) is 15.2 Å². The zero-order valence-corrected chi connectivity index (χ0v) is 19.7. The Labute approximate surface area is 202 Å². The van der Waals surface area contributed by atoms with Gasteiger partial charge in [0.05, 0.1) is 15.1 Å². The van der Waals surface area contributed by atoms with Crippen molar-refractivity contribution in [1.29, 1.82) is 0 Å². The number of sulfonamides is 1. The summed E-state index contributed by atoms with van der Waals surface area (Å²) in [5.74, 6) is -0.903. The van der Waals surface area contributed by atoms with Gasteiger partial charge in [-0.15, -0.1) is 22.7 Å². The van der Waals surface area contributed by atoms with E-state index in [9.17, 15) is 17.6 Å². The number of halogens is 1. The van der Waals surface area contributed by atoms with Crippen LogP contribution in [0, 0.1) is 5.82 Å². The Morgan fingerprint density at radius 2 is 1.65 bits per heavy atom. The molecule has 5 rings (SSSR count).